The van der Waals surface area contributed by atoms with E-state index in [2.05, 4.69) is 29.5 Å². The van der Waals surface area contributed by atoms with E-state index in [9.17, 15) is 8.42 Å². The minimum atomic E-state index is -2.92. The number of sulfone groups is 1. The second-order valence-corrected chi connectivity index (χ2v) is 7.95. The molecular weight excluding hydrogens is 290 g/mol. The van der Waals surface area contributed by atoms with Gasteiger partial charge in [0.05, 0.1) is 18.9 Å². The molecule has 0 aliphatic carbocycles. The van der Waals surface area contributed by atoms with Gasteiger partial charge in [-0.05, 0) is 26.2 Å². The van der Waals surface area contributed by atoms with E-state index in [1.54, 1.807) is 0 Å². The predicted molar refractivity (Wildman–Crippen MR) is 88.6 cm³/mol. The second-order valence-electron chi connectivity index (χ2n) is 5.69. The van der Waals surface area contributed by atoms with Gasteiger partial charge in [0.2, 0.25) is 0 Å². The molecule has 6 nitrogen and oxygen atoms in total. The Hall–Kier alpha value is -0.820. The molecule has 0 saturated heterocycles. The van der Waals surface area contributed by atoms with Crippen molar-refractivity contribution in [3.63, 3.8) is 0 Å². The van der Waals surface area contributed by atoms with Crippen molar-refractivity contribution in [3.8, 4) is 0 Å². The van der Waals surface area contributed by atoms with Crippen LogP contribution in [0.1, 0.15) is 34.1 Å². The number of guanidine groups is 1. The third kappa shape index (κ3) is 13.9. The highest BCUT2D eigenvalue weighted by molar-refractivity contribution is 7.90. The van der Waals surface area contributed by atoms with Crippen LogP contribution in [0.3, 0.4) is 0 Å². The molecule has 0 rings (SSSR count). The number of ether oxygens (including phenoxy) is 1. The summed E-state index contributed by atoms with van der Waals surface area (Å²) in [6, 6.07) is 0.0501. The highest BCUT2D eigenvalue weighted by Crippen LogP contribution is 1.96. The van der Waals surface area contributed by atoms with Crippen LogP contribution in [-0.2, 0) is 14.6 Å². The molecule has 2 N–H and O–H groups in total. The summed E-state index contributed by atoms with van der Waals surface area (Å²) in [5, 5.41) is 6.35. The molecular formula is C14H31N3O3S. The highest BCUT2D eigenvalue weighted by Gasteiger charge is 2.09. The van der Waals surface area contributed by atoms with E-state index in [1.807, 2.05) is 13.8 Å². The zero-order valence-corrected chi connectivity index (χ0v) is 14.8. The molecule has 0 heterocycles. The Labute approximate surface area is 129 Å². The first-order valence-electron chi connectivity index (χ1n) is 7.55. The summed E-state index contributed by atoms with van der Waals surface area (Å²) < 4.78 is 27.8. The van der Waals surface area contributed by atoms with Gasteiger partial charge in [-0.25, -0.2) is 8.42 Å². The van der Waals surface area contributed by atoms with Crippen molar-refractivity contribution in [2.75, 3.05) is 38.3 Å². The fourth-order valence-electron chi connectivity index (χ4n) is 1.56. The van der Waals surface area contributed by atoms with E-state index in [-0.39, 0.29) is 11.8 Å². The largest absolute Gasteiger partial charge is 0.379 e. The van der Waals surface area contributed by atoms with Crippen LogP contribution in [0, 0.1) is 5.92 Å². The van der Waals surface area contributed by atoms with Gasteiger partial charge in [-0.2, -0.15) is 0 Å². The number of nitrogens with zero attached hydrogens (tertiary/aromatic N) is 1. The van der Waals surface area contributed by atoms with Crippen LogP contribution in [0.2, 0.25) is 0 Å². The van der Waals surface area contributed by atoms with Crippen molar-refractivity contribution in [1.29, 1.82) is 0 Å². The molecule has 0 spiro atoms. The summed E-state index contributed by atoms with van der Waals surface area (Å²) in [6.07, 6.45) is 1.82. The Bertz CT molecular complexity index is 394. The molecule has 1 atom stereocenters. The Morgan fingerprint density at radius 1 is 1.29 bits per heavy atom. The third-order valence-corrected chi connectivity index (χ3v) is 3.58. The first-order chi connectivity index (χ1) is 9.74. The van der Waals surface area contributed by atoms with Gasteiger partial charge in [0.25, 0.3) is 0 Å². The number of hydrogen-bond donors (Lipinski definition) is 2. The fraction of sp³-hybridized carbons (Fsp3) is 0.929. The maximum Gasteiger partial charge on any atom is 0.191 e. The van der Waals surface area contributed by atoms with Crippen LogP contribution in [0.5, 0.6) is 0 Å². The standard InChI is InChI=1S/C14H31N3O3S/c1-6-15-14(16-8-9-20-11-12(2)3)17-13(4)7-10-21(5,18)19/h12-13H,6-11H2,1-5H3,(H2,15,16,17). The van der Waals surface area contributed by atoms with Crippen molar-refractivity contribution in [1.82, 2.24) is 10.6 Å². The molecule has 0 saturated carbocycles. The topological polar surface area (TPSA) is 79.8 Å². The number of aliphatic imine (C=N–C) groups is 1. The lowest BCUT2D eigenvalue weighted by Gasteiger charge is -2.17. The first kappa shape index (κ1) is 20.2. The van der Waals surface area contributed by atoms with E-state index < -0.39 is 9.84 Å². The van der Waals surface area contributed by atoms with Crippen LogP contribution >= 0.6 is 0 Å². The maximum absolute atomic E-state index is 11.2. The van der Waals surface area contributed by atoms with Gasteiger partial charge in [0, 0.05) is 25.4 Å². The molecule has 0 bridgehead atoms. The van der Waals surface area contributed by atoms with Crippen LogP contribution in [-0.4, -0.2) is 58.7 Å². The summed E-state index contributed by atoms with van der Waals surface area (Å²) in [4.78, 5) is 4.41. The van der Waals surface area contributed by atoms with Crippen LogP contribution in [0.15, 0.2) is 4.99 Å². The molecule has 0 aromatic heterocycles. The van der Waals surface area contributed by atoms with Crippen molar-refractivity contribution in [2.45, 2.75) is 40.2 Å². The normalized spacial score (nSPS) is 14.3. The molecule has 0 aliphatic heterocycles. The van der Waals surface area contributed by atoms with Gasteiger partial charge >= 0.3 is 0 Å². The zero-order chi connectivity index (χ0) is 16.3. The summed E-state index contributed by atoms with van der Waals surface area (Å²) in [6.45, 7) is 10.8. The Morgan fingerprint density at radius 2 is 1.95 bits per heavy atom. The van der Waals surface area contributed by atoms with E-state index >= 15 is 0 Å². The molecule has 0 aromatic carbocycles. The maximum atomic E-state index is 11.2. The van der Waals surface area contributed by atoms with Gasteiger partial charge in [0.15, 0.2) is 5.96 Å². The van der Waals surface area contributed by atoms with Gasteiger partial charge in [-0.3, -0.25) is 4.99 Å². The first-order valence-corrected chi connectivity index (χ1v) is 9.61. The number of hydrogen-bond acceptors (Lipinski definition) is 4. The monoisotopic (exact) mass is 321 g/mol. The Balaban J connectivity index is 4.15. The third-order valence-electron chi connectivity index (χ3n) is 2.61. The molecule has 0 radical (unpaired) electrons. The molecule has 21 heavy (non-hydrogen) atoms. The predicted octanol–water partition coefficient (Wildman–Crippen LogP) is 1.04. The highest BCUT2D eigenvalue weighted by atomic mass is 32.2. The zero-order valence-electron chi connectivity index (χ0n) is 14.0. The average Bonchev–Trinajstić information content (AvgIpc) is 2.35. The summed E-state index contributed by atoms with van der Waals surface area (Å²) in [5.74, 6) is 1.40. The van der Waals surface area contributed by atoms with Crippen LogP contribution in [0.25, 0.3) is 0 Å². The molecule has 126 valence electrons. The quantitative estimate of drug-likeness (QED) is 0.357. The van der Waals surface area contributed by atoms with Crippen LogP contribution < -0.4 is 10.6 Å². The molecule has 0 amide bonds. The minimum Gasteiger partial charge on any atom is -0.379 e. The molecule has 1 unspecified atom stereocenters. The fourth-order valence-corrected chi connectivity index (χ4v) is 2.34. The van der Waals surface area contributed by atoms with Gasteiger partial charge < -0.3 is 15.4 Å². The Morgan fingerprint density at radius 3 is 2.48 bits per heavy atom. The lowest BCUT2D eigenvalue weighted by Crippen LogP contribution is -2.43. The molecule has 0 fully saturated rings. The minimum absolute atomic E-state index is 0.0501. The smallest absolute Gasteiger partial charge is 0.191 e. The lowest BCUT2D eigenvalue weighted by atomic mass is 10.2. The lowest BCUT2D eigenvalue weighted by molar-refractivity contribution is 0.117. The summed E-state index contributed by atoms with van der Waals surface area (Å²) in [7, 11) is -2.92. The van der Waals surface area contributed by atoms with Gasteiger partial charge in [-0.15, -0.1) is 0 Å². The van der Waals surface area contributed by atoms with E-state index in [0.717, 1.165) is 13.2 Å². The van der Waals surface area contributed by atoms with E-state index in [0.29, 0.717) is 31.4 Å². The van der Waals surface area contributed by atoms with Crippen molar-refractivity contribution < 1.29 is 13.2 Å². The van der Waals surface area contributed by atoms with Crippen molar-refractivity contribution >= 4 is 15.8 Å². The number of rotatable bonds is 10. The van der Waals surface area contributed by atoms with Crippen molar-refractivity contribution in [3.05, 3.63) is 0 Å². The molecule has 0 aliphatic rings. The summed E-state index contributed by atoms with van der Waals surface area (Å²) in [5.41, 5.74) is 0. The second kappa shape index (κ2) is 10.8. The SMILES string of the molecule is CCNC(=NCCOCC(C)C)NC(C)CCS(C)(=O)=O. The molecule has 7 heteroatoms. The van der Waals surface area contributed by atoms with Crippen LogP contribution in [0.4, 0.5) is 0 Å². The van der Waals surface area contributed by atoms with E-state index in [1.165, 1.54) is 6.26 Å². The van der Waals surface area contributed by atoms with Gasteiger partial charge in [-0.1, -0.05) is 13.8 Å². The average molecular weight is 321 g/mol. The van der Waals surface area contributed by atoms with Crippen molar-refractivity contribution in [2.24, 2.45) is 10.9 Å². The van der Waals surface area contributed by atoms with E-state index in [4.69, 9.17) is 4.74 Å². The summed E-state index contributed by atoms with van der Waals surface area (Å²) >= 11 is 0. The Kier molecular flexibility index (Phi) is 10.4. The molecule has 0 aromatic rings. The number of nitrogens with one attached hydrogen (secondary N) is 2. The van der Waals surface area contributed by atoms with Gasteiger partial charge in [0.1, 0.15) is 9.84 Å².